The van der Waals surface area contributed by atoms with Crippen molar-refractivity contribution in [1.29, 1.82) is 0 Å². The van der Waals surface area contributed by atoms with E-state index in [0.29, 0.717) is 18.5 Å². The lowest BCUT2D eigenvalue weighted by molar-refractivity contribution is -0.139. The van der Waals surface area contributed by atoms with Gasteiger partial charge in [-0.25, -0.2) is 4.98 Å². The Morgan fingerprint density at radius 2 is 2.21 bits per heavy atom. The van der Waals surface area contributed by atoms with Gasteiger partial charge in [0, 0.05) is 24.8 Å². The van der Waals surface area contributed by atoms with Crippen molar-refractivity contribution in [2.45, 2.75) is 38.3 Å². The second-order valence-electron chi connectivity index (χ2n) is 4.95. The van der Waals surface area contributed by atoms with E-state index in [0.717, 1.165) is 18.4 Å². The number of pyridine rings is 1. The Kier molecular flexibility index (Phi) is 4.74. The van der Waals surface area contributed by atoms with Gasteiger partial charge < -0.3 is 9.84 Å². The first kappa shape index (κ1) is 13.8. The first-order valence-electron chi connectivity index (χ1n) is 6.64. The molecule has 19 heavy (non-hydrogen) atoms. The van der Waals surface area contributed by atoms with E-state index in [1.54, 1.807) is 13.3 Å². The van der Waals surface area contributed by atoms with E-state index in [2.05, 4.69) is 4.98 Å². The summed E-state index contributed by atoms with van der Waals surface area (Å²) in [6, 6.07) is 4.14. The fraction of sp³-hybridized carbons (Fsp3) is 0.571. The second kappa shape index (κ2) is 6.52. The van der Waals surface area contributed by atoms with Crippen LogP contribution in [0.25, 0.3) is 0 Å². The standard InChI is InChI=1S/C14H20N2O3/c1-19-13-7-6-11(8-15-13)9-16(10-14(17)18)12-4-2-3-5-12/h6-8,12H,2-5,9-10H2,1H3,(H,17,18). The number of carboxylic acid groups (broad SMARTS) is 1. The molecule has 0 saturated heterocycles. The monoisotopic (exact) mass is 264 g/mol. The third-order valence-electron chi connectivity index (χ3n) is 3.57. The molecule has 0 amide bonds. The Labute approximate surface area is 113 Å². The Morgan fingerprint density at radius 3 is 2.74 bits per heavy atom. The summed E-state index contributed by atoms with van der Waals surface area (Å²) in [5, 5.41) is 9.03. The third-order valence-corrected chi connectivity index (χ3v) is 3.57. The van der Waals surface area contributed by atoms with Gasteiger partial charge in [0.05, 0.1) is 13.7 Å². The van der Waals surface area contributed by atoms with Crippen molar-refractivity contribution >= 4 is 5.97 Å². The zero-order valence-electron chi connectivity index (χ0n) is 11.2. The van der Waals surface area contributed by atoms with Crippen molar-refractivity contribution in [3.8, 4) is 5.88 Å². The minimum Gasteiger partial charge on any atom is -0.481 e. The van der Waals surface area contributed by atoms with E-state index < -0.39 is 5.97 Å². The number of hydrogen-bond donors (Lipinski definition) is 1. The average Bonchev–Trinajstić information content (AvgIpc) is 2.92. The Hall–Kier alpha value is -1.62. The minimum atomic E-state index is -0.770. The molecule has 1 heterocycles. The van der Waals surface area contributed by atoms with Gasteiger partial charge >= 0.3 is 5.97 Å². The van der Waals surface area contributed by atoms with Gasteiger partial charge in [0.15, 0.2) is 0 Å². The molecule has 0 spiro atoms. The number of ether oxygens (including phenoxy) is 1. The number of nitrogens with zero attached hydrogens (tertiary/aromatic N) is 2. The molecule has 5 heteroatoms. The van der Waals surface area contributed by atoms with Crippen molar-refractivity contribution in [3.05, 3.63) is 23.9 Å². The molecule has 5 nitrogen and oxygen atoms in total. The van der Waals surface area contributed by atoms with Crippen LogP contribution in [0.1, 0.15) is 31.2 Å². The highest BCUT2D eigenvalue weighted by atomic mass is 16.5. The largest absolute Gasteiger partial charge is 0.481 e. The number of carboxylic acids is 1. The van der Waals surface area contributed by atoms with Crippen LogP contribution in [0.3, 0.4) is 0 Å². The maximum absolute atomic E-state index is 11.0. The molecule has 1 N–H and O–H groups in total. The number of carbonyl (C=O) groups is 1. The van der Waals surface area contributed by atoms with Gasteiger partial charge in [-0.05, 0) is 18.4 Å². The van der Waals surface area contributed by atoms with Gasteiger partial charge in [-0.2, -0.15) is 0 Å². The lowest BCUT2D eigenvalue weighted by Gasteiger charge is -2.27. The van der Waals surface area contributed by atoms with Gasteiger partial charge in [0.1, 0.15) is 0 Å². The van der Waals surface area contributed by atoms with E-state index in [-0.39, 0.29) is 6.54 Å². The summed E-state index contributed by atoms with van der Waals surface area (Å²) in [6.45, 7) is 0.727. The van der Waals surface area contributed by atoms with E-state index in [1.807, 2.05) is 17.0 Å². The number of aliphatic carboxylic acids is 1. The Balaban J connectivity index is 2.03. The Morgan fingerprint density at radius 1 is 1.47 bits per heavy atom. The molecular formula is C14H20N2O3. The van der Waals surface area contributed by atoms with Gasteiger partial charge in [-0.15, -0.1) is 0 Å². The zero-order chi connectivity index (χ0) is 13.7. The van der Waals surface area contributed by atoms with Gasteiger partial charge in [-0.3, -0.25) is 9.69 Å². The normalized spacial score (nSPS) is 15.9. The van der Waals surface area contributed by atoms with Crippen LogP contribution in [0.5, 0.6) is 5.88 Å². The van der Waals surface area contributed by atoms with E-state index in [1.165, 1.54) is 12.8 Å². The lowest BCUT2D eigenvalue weighted by atomic mass is 10.1. The highest BCUT2D eigenvalue weighted by Crippen LogP contribution is 2.24. The van der Waals surface area contributed by atoms with Crippen LogP contribution in [-0.4, -0.2) is 40.7 Å². The first-order chi connectivity index (χ1) is 9.19. The van der Waals surface area contributed by atoms with Crippen LogP contribution in [0.4, 0.5) is 0 Å². The molecule has 1 aliphatic rings. The fourth-order valence-electron chi connectivity index (χ4n) is 2.62. The van der Waals surface area contributed by atoms with Crippen LogP contribution in [0.15, 0.2) is 18.3 Å². The molecule has 1 aliphatic carbocycles. The van der Waals surface area contributed by atoms with Crippen LogP contribution < -0.4 is 4.74 Å². The molecule has 1 aromatic rings. The van der Waals surface area contributed by atoms with Crippen LogP contribution >= 0.6 is 0 Å². The molecule has 0 atom stereocenters. The summed E-state index contributed by atoms with van der Waals surface area (Å²) in [5.74, 6) is -0.192. The van der Waals surface area contributed by atoms with Crippen molar-refractivity contribution in [2.24, 2.45) is 0 Å². The topological polar surface area (TPSA) is 62.7 Å². The molecule has 2 rings (SSSR count). The highest BCUT2D eigenvalue weighted by molar-refractivity contribution is 5.69. The minimum absolute atomic E-state index is 0.0939. The smallest absolute Gasteiger partial charge is 0.317 e. The molecule has 0 unspecified atom stereocenters. The molecule has 0 radical (unpaired) electrons. The highest BCUT2D eigenvalue weighted by Gasteiger charge is 2.24. The van der Waals surface area contributed by atoms with Crippen LogP contribution in [0, 0.1) is 0 Å². The number of methoxy groups -OCH3 is 1. The van der Waals surface area contributed by atoms with E-state index in [9.17, 15) is 4.79 Å². The predicted molar refractivity (Wildman–Crippen MR) is 71.1 cm³/mol. The summed E-state index contributed by atoms with van der Waals surface area (Å²) >= 11 is 0. The molecule has 0 aliphatic heterocycles. The van der Waals surface area contributed by atoms with Crippen molar-refractivity contribution in [1.82, 2.24) is 9.88 Å². The summed E-state index contributed by atoms with van der Waals surface area (Å²) in [6.07, 6.45) is 6.33. The fourth-order valence-corrected chi connectivity index (χ4v) is 2.62. The number of aromatic nitrogens is 1. The second-order valence-corrected chi connectivity index (χ2v) is 4.95. The third kappa shape index (κ3) is 3.92. The molecule has 0 bridgehead atoms. The summed E-state index contributed by atoms with van der Waals surface area (Å²) in [7, 11) is 1.58. The van der Waals surface area contributed by atoms with Crippen molar-refractivity contribution < 1.29 is 14.6 Å². The summed E-state index contributed by atoms with van der Waals surface area (Å²) in [4.78, 5) is 17.2. The SMILES string of the molecule is COc1ccc(CN(CC(=O)O)C2CCCC2)cn1. The van der Waals surface area contributed by atoms with Gasteiger partial charge in [0.25, 0.3) is 0 Å². The zero-order valence-corrected chi connectivity index (χ0v) is 11.2. The van der Waals surface area contributed by atoms with Crippen molar-refractivity contribution in [3.63, 3.8) is 0 Å². The lowest BCUT2D eigenvalue weighted by Crippen LogP contribution is -2.37. The molecular weight excluding hydrogens is 244 g/mol. The van der Waals surface area contributed by atoms with Crippen LogP contribution in [-0.2, 0) is 11.3 Å². The maximum Gasteiger partial charge on any atom is 0.317 e. The predicted octanol–water partition coefficient (Wildman–Crippen LogP) is 1.92. The molecule has 1 aromatic heterocycles. The number of hydrogen-bond acceptors (Lipinski definition) is 4. The van der Waals surface area contributed by atoms with E-state index >= 15 is 0 Å². The van der Waals surface area contributed by atoms with E-state index in [4.69, 9.17) is 9.84 Å². The van der Waals surface area contributed by atoms with Gasteiger partial charge in [-0.1, -0.05) is 18.9 Å². The van der Waals surface area contributed by atoms with Crippen LogP contribution in [0.2, 0.25) is 0 Å². The molecule has 104 valence electrons. The maximum atomic E-state index is 11.0. The summed E-state index contributed by atoms with van der Waals surface area (Å²) < 4.78 is 5.02. The quantitative estimate of drug-likeness (QED) is 0.850. The van der Waals surface area contributed by atoms with Crippen molar-refractivity contribution in [2.75, 3.05) is 13.7 Å². The molecule has 0 aromatic carbocycles. The summed E-state index contributed by atoms with van der Waals surface area (Å²) in [5.41, 5.74) is 1.02. The van der Waals surface area contributed by atoms with Gasteiger partial charge in [0.2, 0.25) is 5.88 Å². The average molecular weight is 264 g/mol. The first-order valence-corrected chi connectivity index (χ1v) is 6.64. The number of rotatable bonds is 6. The molecule has 1 saturated carbocycles. The Bertz CT molecular complexity index is 413. The molecule has 1 fully saturated rings.